The molecular formula is C15H17NO2S. The molecule has 0 bridgehead atoms. The Morgan fingerprint density at radius 3 is 2.53 bits per heavy atom. The van der Waals surface area contributed by atoms with Crippen LogP contribution in [0.2, 0.25) is 0 Å². The molecule has 1 heterocycles. The molecule has 1 aromatic heterocycles. The molecule has 0 radical (unpaired) electrons. The summed E-state index contributed by atoms with van der Waals surface area (Å²) in [6.45, 7) is 5.99. The Bertz CT molecular complexity index is 584. The van der Waals surface area contributed by atoms with Crippen LogP contribution in [0.3, 0.4) is 0 Å². The first kappa shape index (κ1) is 13.7. The summed E-state index contributed by atoms with van der Waals surface area (Å²) >= 11 is 1.59. The van der Waals surface area contributed by atoms with Gasteiger partial charge in [0.2, 0.25) is 0 Å². The number of benzene rings is 1. The van der Waals surface area contributed by atoms with Crippen molar-refractivity contribution in [1.29, 1.82) is 0 Å². The third-order valence-corrected chi connectivity index (χ3v) is 4.47. The van der Waals surface area contributed by atoms with Gasteiger partial charge in [0.15, 0.2) is 0 Å². The molecule has 0 saturated heterocycles. The van der Waals surface area contributed by atoms with E-state index in [0.717, 1.165) is 26.7 Å². The number of aromatic nitrogens is 1. The number of carboxylic acids is 1. The summed E-state index contributed by atoms with van der Waals surface area (Å²) in [5.74, 6) is -0.949. The van der Waals surface area contributed by atoms with E-state index >= 15 is 0 Å². The van der Waals surface area contributed by atoms with Gasteiger partial charge in [-0.25, -0.2) is 4.98 Å². The molecule has 0 fully saturated rings. The molecule has 0 saturated carbocycles. The Morgan fingerprint density at radius 1 is 1.32 bits per heavy atom. The quantitative estimate of drug-likeness (QED) is 0.926. The van der Waals surface area contributed by atoms with Crippen LogP contribution in [0, 0.1) is 20.8 Å². The van der Waals surface area contributed by atoms with Crippen molar-refractivity contribution in [3.05, 3.63) is 51.0 Å². The highest BCUT2D eigenvalue weighted by Crippen LogP contribution is 2.33. The summed E-state index contributed by atoms with van der Waals surface area (Å²) in [6.07, 6.45) is 0.0806. The zero-order chi connectivity index (χ0) is 14.0. The second-order valence-corrected chi connectivity index (χ2v) is 5.94. The third kappa shape index (κ3) is 3.01. The number of hydrogen-bond acceptors (Lipinski definition) is 3. The van der Waals surface area contributed by atoms with Crippen molar-refractivity contribution in [3.8, 4) is 0 Å². The van der Waals surface area contributed by atoms with Crippen LogP contribution in [-0.2, 0) is 4.79 Å². The second kappa shape index (κ2) is 5.53. The van der Waals surface area contributed by atoms with Crippen molar-refractivity contribution < 1.29 is 9.90 Å². The summed E-state index contributed by atoms with van der Waals surface area (Å²) in [4.78, 5) is 16.8. The van der Waals surface area contributed by atoms with Gasteiger partial charge in [0.25, 0.3) is 0 Å². The smallest absolute Gasteiger partial charge is 0.304 e. The molecule has 1 aromatic carbocycles. The minimum atomic E-state index is -0.793. The Kier molecular flexibility index (Phi) is 4.00. The maximum Gasteiger partial charge on any atom is 0.304 e. The fourth-order valence-corrected chi connectivity index (χ4v) is 3.17. The normalized spacial score (nSPS) is 12.4. The highest BCUT2D eigenvalue weighted by Gasteiger charge is 2.23. The molecule has 1 N–H and O–H groups in total. The molecule has 1 atom stereocenters. The number of aliphatic carboxylic acids is 1. The van der Waals surface area contributed by atoms with E-state index in [1.807, 2.05) is 45.0 Å². The van der Waals surface area contributed by atoms with Gasteiger partial charge in [0.05, 0.1) is 12.1 Å². The fourth-order valence-electron chi connectivity index (χ4n) is 2.13. The van der Waals surface area contributed by atoms with E-state index in [4.69, 9.17) is 5.11 Å². The number of carbonyl (C=O) groups is 1. The molecule has 1 unspecified atom stereocenters. The molecule has 0 aliphatic rings. The molecule has 4 heteroatoms. The topological polar surface area (TPSA) is 50.2 Å². The highest BCUT2D eigenvalue weighted by atomic mass is 32.1. The van der Waals surface area contributed by atoms with Crippen LogP contribution in [0.15, 0.2) is 24.3 Å². The van der Waals surface area contributed by atoms with Crippen LogP contribution in [0.25, 0.3) is 0 Å². The maximum absolute atomic E-state index is 11.1. The Balaban J connectivity index is 2.47. The van der Waals surface area contributed by atoms with Gasteiger partial charge in [-0.15, -0.1) is 11.3 Å². The van der Waals surface area contributed by atoms with E-state index in [0.29, 0.717) is 0 Å². The van der Waals surface area contributed by atoms with E-state index in [2.05, 4.69) is 4.98 Å². The Labute approximate surface area is 116 Å². The molecule has 0 aliphatic carbocycles. The van der Waals surface area contributed by atoms with E-state index in [1.54, 1.807) is 11.3 Å². The van der Waals surface area contributed by atoms with Gasteiger partial charge in [-0.05, 0) is 31.9 Å². The van der Waals surface area contributed by atoms with Crippen LogP contribution in [0.4, 0.5) is 0 Å². The van der Waals surface area contributed by atoms with Crippen LogP contribution < -0.4 is 0 Å². The van der Waals surface area contributed by atoms with Crippen LogP contribution >= 0.6 is 11.3 Å². The van der Waals surface area contributed by atoms with Gasteiger partial charge in [0, 0.05) is 10.8 Å². The van der Waals surface area contributed by atoms with E-state index in [-0.39, 0.29) is 12.3 Å². The molecule has 100 valence electrons. The van der Waals surface area contributed by atoms with Gasteiger partial charge >= 0.3 is 5.97 Å². The van der Waals surface area contributed by atoms with Crippen molar-refractivity contribution >= 4 is 17.3 Å². The zero-order valence-corrected chi connectivity index (χ0v) is 12.1. The third-order valence-electron chi connectivity index (χ3n) is 3.29. The summed E-state index contributed by atoms with van der Waals surface area (Å²) in [6, 6.07) is 7.92. The lowest BCUT2D eigenvalue weighted by molar-refractivity contribution is -0.137. The monoisotopic (exact) mass is 275 g/mol. The summed E-state index contributed by atoms with van der Waals surface area (Å²) < 4.78 is 0. The van der Waals surface area contributed by atoms with E-state index < -0.39 is 5.97 Å². The van der Waals surface area contributed by atoms with Crippen LogP contribution in [0.5, 0.6) is 0 Å². The number of hydrogen-bond donors (Lipinski definition) is 1. The minimum Gasteiger partial charge on any atom is -0.481 e. The number of nitrogens with zero attached hydrogens (tertiary/aromatic N) is 1. The van der Waals surface area contributed by atoms with Crippen LogP contribution in [0.1, 0.15) is 39.0 Å². The predicted octanol–water partition coefficient (Wildman–Crippen LogP) is 3.67. The number of rotatable bonds is 4. The van der Waals surface area contributed by atoms with Crippen molar-refractivity contribution in [2.24, 2.45) is 0 Å². The van der Waals surface area contributed by atoms with Crippen molar-refractivity contribution in [1.82, 2.24) is 4.98 Å². The molecule has 2 rings (SSSR count). The molecule has 0 aliphatic heterocycles. The highest BCUT2D eigenvalue weighted by molar-refractivity contribution is 7.11. The number of aryl methyl sites for hydroxylation is 3. The second-order valence-electron chi connectivity index (χ2n) is 4.70. The first-order chi connectivity index (χ1) is 8.99. The van der Waals surface area contributed by atoms with E-state index in [1.165, 1.54) is 0 Å². The van der Waals surface area contributed by atoms with Gasteiger partial charge in [-0.1, -0.05) is 24.3 Å². The number of thiazole rings is 1. The Morgan fingerprint density at radius 2 is 2.00 bits per heavy atom. The molecule has 0 amide bonds. The first-order valence-electron chi connectivity index (χ1n) is 6.20. The SMILES string of the molecule is Cc1ccccc1C(CC(=O)O)c1nc(C)c(C)s1. The fraction of sp³-hybridized carbons (Fsp3) is 0.333. The Hall–Kier alpha value is -1.68. The molecule has 3 nitrogen and oxygen atoms in total. The van der Waals surface area contributed by atoms with Crippen LogP contribution in [-0.4, -0.2) is 16.1 Å². The number of carboxylic acid groups (broad SMARTS) is 1. The summed E-state index contributed by atoms with van der Waals surface area (Å²) in [7, 11) is 0. The average molecular weight is 275 g/mol. The first-order valence-corrected chi connectivity index (χ1v) is 7.02. The molecule has 2 aromatic rings. The van der Waals surface area contributed by atoms with Crippen molar-refractivity contribution in [2.45, 2.75) is 33.1 Å². The summed E-state index contributed by atoms with van der Waals surface area (Å²) in [5.41, 5.74) is 3.15. The lowest BCUT2D eigenvalue weighted by atomic mass is 9.92. The molecular weight excluding hydrogens is 258 g/mol. The largest absolute Gasteiger partial charge is 0.481 e. The standard InChI is InChI=1S/C15H17NO2S/c1-9-6-4-5-7-12(9)13(8-14(17)18)15-16-10(2)11(3)19-15/h4-7,13H,8H2,1-3H3,(H,17,18). The zero-order valence-electron chi connectivity index (χ0n) is 11.3. The molecule has 19 heavy (non-hydrogen) atoms. The average Bonchev–Trinajstić information content (AvgIpc) is 2.67. The van der Waals surface area contributed by atoms with Gasteiger partial charge < -0.3 is 5.11 Å². The van der Waals surface area contributed by atoms with Gasteiger partial charge in [-0.3, -0.25) is 4.79 Å². The predicted molar refractivity (Wildman–Crippen MR) is 76.9 cm³/mol. The minimum absolute atomic E-state index is 0.0806. The van der Waals surface area contributed by atoms with Crippen molar-refractivity contribution in [3.63, 3.8) is 0 Å². The molecule has 0 spiro atoms. The van der Waals surface area contributed by atoms with Crippen molar-refractivity contribution in [2.75, 3.05) is 0 Å². The maximum atomic E-state index is 11.1. The van der Waals surface area contributed by atoms with E-state index in [9.17, 15) is 4.79 Å². The summed E-state index contributed by atoms with van der Waals surface area (Å²) in [5, 5.41) is 10.0. The lowest BCUT2D eigenvalue weighted by Crippen LogP contribution is -2.09. The lowest BCUT2D eigenvalue weighted by Gasteiger charge is -2.15. The van der Waals surface area contributed by atoms with Gasteiger partial charge in [0.1, 0.15) is 5.01 Å². The van der Waals surface area contributed by atoms with Gasteiger partial charge in [-0.2, -0.15) is 0 Å².